The monoisotopic (exact) mass is 407 g/mol. The molecule has 0 fully saturated rings. The van der Waals surface area contributed by atoms with Crippen LogP contribution in [-0.2, 0) is 9.53 Å². The van der Waals surface area contributed by atoms with Crippen LogP contribution in [0.4, 0.5) is 0 Å². The normalized spacial score (nSPS) is 10.8. The summed E-state index contributed by atoms with van der Waals surface area (Å²) in [6.45, 7) is 7.47. The van der Waals surface area contributed by atoms with E-state index >= 15 is 0 Å². The average molecular weight is 408 g/mol. The lowest BCUT2D eigenvalue weighted by molar-refractivity contribution is -0.144. The van der Waals surface area contributed by atoms with Gasteiger partial charge in [0.05, 0.1) is 0 Å². The van der Waals surface area contributed by atoms with Crippen molar-refractivity contribution in [3.8, 4) is 5.75 Å². The van der Waals surface area contributed by atoms with E-state index in [4.69, 9.17) is 9.47 Å². The molecule has 0 aliphatic carbocycles. The van der Waals surface area contributed by atoms with Gasteiger partial charge in [-0.3, -0.25) is 4.79 Å². The van der Waals surface area contributed by atoms with E-state index in [0.717, 1.165) is 15.9 Å². The lowest BCUT2D eigenvalue weighted by Crippen LogP contribution is -2.20. The maximum atomic E-state index is 12.3. The predicted molar refractivity (Wildman–Crippen MR) is 99.2 cm³/mol. The fourth-order valence-corrected chi connectivity index (χ4v) is 3.06. The van der Waals surface area contributed by atoms with Gasteiger partial charge in [0, 0.05) is 27.5 Å². The molecule has 0 aliphatic heterocycles. The highest BCUT2D eigenvalue weighted by Gasteiger charge is 2.18. The molecule has 1 aromatic carbocycles. The van der Waals surface area contributed by atoms with Crippen molar-refractivity contribution >= 4 is 27.7 Å². The number of Topliss-reactive ketones (excluding diaryl/α,β-unsaturated/α-hetero) is 1. The summed E-state index contributed by atoms with van der Waals surface area (Å²) in [6.07, 6.45) is 0. The Morgan fingerprint density at radius 3 is 2.32 bits per heavy atom. The molecule has 0 atom stereocenters. The molecule has 0 radical (unpaired) electrons. The zero-order chi connectivity index (χ0) is 18.6. The van der Waals surface area contributed by atoms with E-state index in [2.05, 4.69) is 34.3 Å². The molecule has 0 saturated heterocycles. The molecule has 0 saturated carbocycles. The minimum Gasteiger partial charge on any atom is -0.482 e. The predicted octanol–water partition coefficient (Wildman–Crippen LogP) is 4.25. The molecule has 0 spiro atoms. The number of hydrogen-bond donors (Lipinski definition) is 0. The highest BCUT2D eigenvalue weighted by molar-refractivity contribution is 9.10. The molecule has 6 heteroatoms. The Bertz CT molecular complexity index is 762. The number of aryl methyl sites for hydroxylation is 1. The van der Waals surface area contributed by atoms with Gasteiger partial charge < -0.3 is 14.0 Å². The van der Waals surface area contributed by atoms with Crippen molar-refractivity contribution in [2.45, 2.75) is 33.7 Å². The fourth-order valence-electron chi connectivity index (χ4n) is 2.79. The largest absolute Gasteiger partial charge is 0.482 e. The van der Waals surface area contributed by atoms with Crippen LogP contribution in [0.25, 0.3) is 0 Å². The number of hydrogen-bond acceptors (Lipinski definition) is 4. The maximum Gasteiger partial charge on any atom is 0.344 e. The van der Waals surface area contributed by atoms with Crippen LogP contribution >= 0.6 is 15.9 Å². The average Bonchev–Trinajstić information content (AvgIpc) is 2.86. The lowest BCUT2D eigenvalue weighted by atomic mass is 10.1. The van der Waals surface area contributed by atoms with E-state index in [1.807, 2.05) is 32.0 Å². The summed E-state index contributed by atoms with van der Waals surface area (Å²) < 4.78 is 13.4. The molecule has 134 valence electrons. The van der Waals surface area contributed by atoms with E-state index in [9.17, 15) is 9.59 Å². The highest BCUT2D eigenvalue weighted by atomic mass is 79.9. The van der Waals surface area contributed by atoms with Crippen LogP contribution < -0.4 is 4.74 Å². The van der Waals surface area contributed by atoms with Gasteiger partial charge in [-0.15, -0.1) is 0 Å². The van der Waals surface area contributed by atoms with Gasteiger partial charge >= 0.3 is 5.97 Å². The lowest BCUT2D eigenvalue weighted by Gasteiger charge is -2.13. The summed E-state index contributed by atoms with van der Waals surface area (Å²) >= 11 is 3.32. The van der Waals surface area contributed by atoms with Crippen molar-refractivity contribution in [3.63, 3.8) is 0 Å². The summed E-state index contributed by atoms with van der Waals surface area (Å²) in [5.41, 5.74) is 2.49. The number of nitrogens with zero attached hydrogens (tertiary/aromatic N) is 1. The highest BCUT2D eigenvalue weighted by Crippen LogP contribution is 2.20. The first kappa shape index (κ1) is 19.2. The zero-order valence-corrected chi connectivity index (χ0v) is 16.4. The Morgan fingerprint density at radius 2 is 1.76 bits per heavy atom. The van der Waals surface area contributed by atoms with Crippen LogP contribution in [0.2, 0.25) is 0 Å². The first-order valence-electron chi connectivity index (χ1n) is 8.05. The Kier molecular flexibility index (Phi) is 6.42. The number of carbonyl (C=O) groups is 2. The van der Waals surface area contributed by atoms with E-state index in [1.54, 1.807) is 12.1 Å². The Hall–Kier alpha value is -2.08. The van der Waals surface area contributed by atoms with E-state index in [0.29, 0.717) is 11.3 Å². The van der Waals surface area contributed by atoms with Gasteiger partial charge in [-0.05, 0) is 58.0 Å². The fraction of sp³-hybridized carbons (Fsp3) is 0.368. The van der Waals surface area contributed by atoms with Crippen molar-refractivity contribution in [1.29, 1.82) is 0 Å². The maximum absolute atomic E-state index is 12.3. The van der Waals surface area contributed by atoms with Crippen molar-refractivity contribution in [2.24, 2.45) is 0 Å². The summed E-state index contributed by atoms with van der Waals surface area (Å²) in [6, 6.07) is 9.21. The number of halogens is 1. The molecule has 25 heavy (non-hydrogen) atoms. The van der Waals surface area contributed by atoms with Gasteiger partial charge in [0.2, 0.25) is 5.78 Å². The molecule has 1 aromatic heterocycles. The topological polar surface area (TPSA) is 57.5 Å². The number of esters is 1. The molecular formula is C19H22BrNO4. The summed E-state index contributed by atoms with van der Waals surface area (Å²) in [5.74, 6) is -0.224. The number of ether oxygens (including phenoxy) is 2. The first-order chi connectivity index (χ1) is 11.8. The van der Waals surface area contributed by atoms with Crippen LogP contribution in [0.1, 0.15) is 41.6 Å². The number of rotatable bonds is 7. The quantitative estimate of drug-likeness (QED) is 0.508. The second-order valence-corrected chi connectivity index (χ2v) is 6.99. The van der Waals surface area contributed by atoms with Gasteiger partial charge in [-0.2, -0.15) is 0 Å². The van der Waals surface area contributed by atoms with Crippen molar-refractivity contribution < 1.29 is 19.1 Å². The third-order valence-electron chi connectivity index (χ3n) is 3.84. The molecule has 5 nitrogen and oxygen atoms in total. The summed E-state index contributed by atoms with van der Waals surface area (Å²) in [5, 5.41) is 0. The molecule has 0 N–H and O–H groups in total. The first-order valence-corrected chi connectivity index (χ1v) is 8.84. The van der Waals surface area contributed by atoms with Crippen LogP contribution in [0.15, 0.2) is 34.8 Å². The zero-order valence-electron chi connectivity index (χ0n) is 14.8. The van der Waals surface area contributed by atoms with Crippen LogP contribution in [-0.4, -0.2) is 29.5 Å². The second kappa shape index (κ2) is 8.34. The van der Waals surface area contributed by atoms with Crippen molar-refractivity contribution in [1.82, 2.24) is 4.57 Å². The van der Waals surface area contributed by atoms with Crippen molar-refractivity contribution in [2.75, 3.05) is 13.2 Å². The minimum atomic E-state index is -0.575. The molecule has 2 aromatic rings. The summed E-state index contributed by atoms with van der Waals surface area (Å²) in [4.78, 5) is 24.1. The van der Waals surface area contributed by atoms with Gasteiger partial charge in [-0.1, -0.05) is 15.9 Å². The number of aromatic nitrogens is 1. The molecule has 2 rings (SSSR count). The van der Waals surface area contributed by atoms with Gasteiger partial charge in [0.15, 0.2) is 13.2 Å². The van der Waals surface area contributed by atoms with E-state index in [1.165, 1.54) is 0 Å². The van der Waals surface area contributed by atoms with Gasteiger partial charge in [0.25, 0.3) is 0 Å². The molecule has 0 aliphatic rings. The second-order valence-electron chi connectivity index (χ2n) is 6.08. The molecule has 0 bridgehead atoms. The SMILES string of the molecule is Cc1cc(C(=O)COC(=O)COc2ccc(Br)cc2)c(C)n1C(C)C. The number of ketones is 1. The molecule has 0 unspecified atom stereocenters. The van der Waals surface area contributed by atoms with E-state index < -0.39 is 5.97 Å². The van der Waals surface area contributed by atoms with Crippen LogP contribution in [0.5, 0.6) is 5.75 Å². The Morgan fingerprint density at radius 1 is 1.12 bits per heavy atom. The number of benzene rings is 1. The van der Waals surface area contributed by atoms with Crippen LogP contribution in [0.3, 0.4) is 0 Å². The smallest absolute Gasteiger partial charge is 0.344 e. The third-order valence-corrected chi connectivity index (χ3v) is 4.36. The van der Waals surface area contributed by atoms with Gasteiger partial charge in [-0.25, -0.2) is 4.79 Å². The van der Waals surface area contributed by atoms with Crippen molar-refractivity contribution in [3.05, 3.63) is 51.8 Å². The standard InChI is InChI=1S/C19H22BrNO4/c1-12(2)21-13(3)9-17(14(21)4)18(22)10-25-19(23)11-24-16-7-5-15(20)6-8-16/h5-9,12H,10-11H2,1-4H3. The Balaban J connectivity index is 1.88. The van der Waals surface area contributed by atoms with Crippen LogP contribution in [0, 0.1) is 13.8 Å². The third kappa shape index (κ3) is 4.95. The number of carbonyl (C=O) groups excluding carboxylic acids is 2. The molecule has 0 amide bonds. The Labute approximate surface area is 156 Å². The molecular weight excluding hydrogens is 386 g/mol. The molecule has 1 heterocycles. The van der Waals surface area contributed by atoms with Gasteiger partial charge in [0.1, 0.15) is 5.75 Å². The summed E-state index contributed by atoms with van der Waals surface area (Å²) in [7, 11) is 0. The van der Waals surface area contributed by atoms with E-state index in [-0.39, 0.29) is 25.0 Å². The minimum absolute atomic E-state index is 0.211.